The van der Waals surface area contributed by atoms with E-state index in [1.165, 1.54) is 0 Å². The van der Waals surface area contributed by atoms with Crippen molar-refractivity contribution in [3.63, 3.8) is 0 Å². The maximum absolute atomic E-state index is 11.8. The summed E-state index contributed by atoms with van der Waals surface area (Å²) in [4.78, 5) is 11.8. The Morgan fingerprint density at radius 3 is 2.86 bits per heavy atom. The lowest BCUT2D eigenvalue weighted by Crippen LogP contribution is -2.37. The molecule has 0 aliphatic heterocycles. The second kappa shape index (κ2) is 10.5. The molecule has 0 radical (unpaired) electrons. The lowest BCUT2D eigenvalue weighted by atomic mass is 10.2. The normalized spacial score (nSPS) is 12.4. The summed E-state index contributed by atoms with van der Waals surface area (Å²) in [5.74, 6) is 0.446. The molecule has 2 N–H and O–H groups in total. The molecule has 1 aromatic rings. The number of halogens is 2. The molecule has 0 spiro atoms. The lowest BCUT2D eigenvalue weighted by molar-refractivity contribution is -0.122. The van der Waals surface area contributed by atoms with Gasteiger partial charge in [-0.15, -0.1) is 0 Å². The summed E-state index contributed by atoms with van der Waals surface area (Å²) < 4.78 is 5.51. The molecule has 0 bridgehead atoms. The van der Waals surface area contributed by atoms with Gasteiger partial charge in [0.15, 0.2) is 0 Å². The first-order valence-electron chi connectivity index (χ1n) is 7.16. The molecular weight excluding hydrogens is 325 g/mol. The van der Waals surface area contributed by atoms with Crippen molar-refractivity contribution in [2.45, 2.75) is 32.2 Å². The average Bonchev–Trinajstić information content (AvgIpc) is 2.49. The number of aliphatic hydroxyl groups excluding tert-OH is 1. The Hall–Kier alpha value is -1.23. The maximum atomic E-state index is 11.8. The number of hydrogen-bond donors (Lipinski definition) is 2. The van der Waals surface area contributed by atoms with Crippen LogP contribution in [-0.2, 0) is 4.79 Å². The van der Waals surface area contributed by atoms with E-state index in [9.17, 15) is 9.90 Å². The van der Waals surface area contributed by atoms with Crippen LogP contribution in [0.3, 0.4) is 0 Å². The molecular formula is C16H21Cl2NO3. The number of rotatable bonds is 9. The topological polar surface area (TPSA) is 58.6 Å². The Balaban J connectivity index is 2.27. The van der Waals surface area contributed by atoms with E-state index in [4.69, 9.17) is 27.9 Å². The number of carbonyl (C=O) groups excluding carboxylic acids is 1. The highest BCUT2D eigenvalue weighted by Gasteiger charge is 2.10. The van der Waals surface area contributed by atoms with Crippen LogP contribution in [0.5, 0.6) is 5.75 Å². The van der Waals surface area contributed by atoms with Crippen molar-refractivity contribution in [1.29, 1.82) is 0 Å². The zero-order chi connectivity index (χ0) is 16.4. The molecule has 0 saturated carbocycles. The Morgan fingerprint density at radius 2 is 2.23 bits per heavy atom. The Labute approximate surface area is 141 Å². The van der Waals surface area contributed by atoms with Crippen LogP contribution in [0.4, 0.5) is 0 Å². The molecule has 0 heterocycles. The molecule has 1 unspecified atom stereocenters. The molecule has 0 aliphatic rings. The van der Waals surface area contributed by atoms with Gasteiger partial charge in [-0.25, -0.2) is 0 Å². The smallest absolute Gasteiger partial charge is 0.220 e. The lowest BCUT2D eigenvalue weighted by Gasteiger charge is -2.14. The molecule has 0 saturated heterocycles. The van der Waals surface area contributed by atoms with Crippen molar-refractivity contribution in [3.8, 4) is 5.75 Å². The molecule has 0 fully saturated rings. The van der Waals surface area contributed by atoms with Crippen LogP contribution in [0.2, 0.25) is 10.0 Å². The summed E-state index contributed by atoms with van der Waals surface area (Å²) in [6.07, 6.45) is 5.31. The van der Waals surface area contributed by atoms with Gasteiger partial charge in [-0.3, -0.25) is 4.79 Å². The quantitative estimate of drug-likeness (QED) is 0.531. The molecule has 1 rings (SSSR count). The Kier molecular flexibility index (Phi) is 8.97. The number of allylic oxidation sites excluding steroid dienone is 1. The van der Waals surface area contributed by atoms with Gasteiger partial charge in [-0.2, -0.15) is 0 Å². The predicted octanol–water partition coefficient (Wildman–Crippen LogP) is 3.60. The summed E-state index contributed by atoms with van der Waals surface area (Å²) >= 11 is 11.8. The number of carbonyl (C=O) groups is 1. The molecule has 4 nitrogen and oxygen atoms in total. The highest BCUT2D eigenvalue weighted by atomic mass is 35.5. The van der Waals surface area contributed by atoms with Gasteiger partial charge in [0.2, 0.25) is 5.91 Å². The van der Waals surface area contributed by atoms with Gasteiger partial charge in [0.05, 0.1) is 24.3 Å². The Bertz CT molecular complexity index is 506. The van der Waals surface area contributed by atoms with Crippen LogP contribution in [0.25, 0.3) is 0 Å². The van der Waals surface area contributed by atoms with E-state index in [1.54, 1.807) is 18.2 Å². The van der Waals surface area contributed by atoms with Crippen LogP contribution in [-0.4, -0.2) is 30.3 Å². The number of benzene rings is 1. The third-order valence-electron chi connectivity index (χ3n) is 2.94. The number of amides is 1. The van der Waals surface area contributed by atoms with Crippen molar-refractivity contribution < 1.29 is 14.6 Å². The van der Waals surface area contributed by atoms with Crippen molar-refractivity contribution >= 4 is 29.1 Å². The largest absolute Gasteiger partial charge is 0.492 e. The number of ether oxygens (including phenoxy) is 1. The summed E-state index contributed by atoms with van der Waals surface area (Å²) in [5.41, 5.74) is 0. The summed E-state index contributed by atoms with van der Waals surface area (Å²) in [6, 6.07) is 4.76. The summed E-state index contributed by atoms with van der Waals surface area (Å²) in [5, 5.41) is 13.0. The van der Waals surface area contributed by atoms with Crippen molar-refractivity contribution in [1.82, 2.24) is 5.32 Å². The van der Waals surface area contributed by atoms with Crippen molar-refractivity contribution in [2.24, 2.45) is 0 Å². The third kappa shape index (κ3) is 7.16. The molecule has 6 heteroatoms. The second-order valence-corrected chi connectivity index (χ2v) is 5.62. The number of hydrogen-bond acceptors (Lipinski definition) is 3. The van der Waals surface area contributed by atoms with Gasteiger partial charge < -0.3 is 15.2 Å². The monoisotopic (exact) mass is 345 g/mol. The molecule has 0 aromatic heterocycles. The zero-order valence-electron chi connectivity index (χ0n) is 12.5. The maximum Gasteiger partial charge on any atom is 0.220 e. The van der Waals surface area contributed by atoms with Gasteiger partial charge in [-0.05, 0) is 38.0 Å². The highest BCUT2D eigenvalue weighted by molar-refractivity contribution is 6.35. The van der Waals surface area contributed by atoms with E-state index in [1.807, 2.05) is 19.1 Å². The van der Waals surface area contributed by atoms with E-state index >= 15 is 0 Å². The van der Waals surface area contributed by atoms with Crippen LogP contribution < -0.4 is 10.1 Å². The highest BCUT2D eigenvalue weighted by Crippen LogP contribution is 2.27. The fraction of sp³-hybridized carbons (Fsp3) is 0.438. The molecule has 22 heavy (non-hydrogen) atoms. The molecule has 0 aliphatic carbocycles. The van der Waals surface area contributed by atoms with Crippen LogP contribution in [0, 0.1) is 0 Å². The molecule has 1 aromatic carbocycles. The van der Waals surface area contributed by atoms with E-state index < -0.39 is 0 Å². The number of aliphatic hydroxyl groups is 1. The summed E-state index contributed by atoms with van der Waals surface area (Å²) in [7, 11) is 0. The molecule has 122 valence electrons. The van der Waals surface area contributed by atoms with Crippen LogP contribution >= 0.6 is 23.2 Å². The fourth-order valence-corrected chi connectivity index (χ4v) is 2.25. The van der Waals surface area contributed by atoms with Gasteiger partial charge in [-0.1, -0.05) is 35.4 Å². The Morgan fingerprint density at radius 1 is 1.45 bits per heavy atom. The first-order chi connectivity index (χ1) is 10.6. The summed E-state index contributed by atoms with van der Waals surface area (Å²) in [6.45, 7) is 2.20. The van der Waals surface area contributed by atoms with E-state index in [-0.39, 0.29) is 18.6 Å². The van der Waals surface area contributed by atoms with Crippen LogP contribution in [0.1, 0.15) is 26.2 Å². The van der Waals surface area contributed by atoms with E-state index in [0.29, 0.717) is 41.7 Å². The van der Waals surface area contributed by atoms with Gasteiger partial charge in [0, 0.05) is 11.4 Å². The standard InChI is InChI=1S/C16H21Cl2NO3/c1-2-3-5-13(11-20)19-16(21)6-4-9-22-15-8-7-12(17)10-14(15)18/h2-3,7-8,10,13,20H,4-6,9,11H2,1H3,(H,19,21). The van der Waals surface area contributed by atoms with Crippen molar-refractivity contribution in [2.75, 3.05) is 13.2 Å². The second-order valence-electron chi connectivity index (χ2n) is 4.78. The number of nitrogens with one attached hydrogen (secondary N) is 1. The minimum atomic E-state index is -0.240. The first kappa shape index (κ1) is 18.8. The molecule has 1 amide bonds. The minimum Gasteiger partial charge on any atom is -0.492 e. The first-order valence-corrected chi connectivity index (χ1v) is 7.91. The average molecular weight is 346 g/mol. The minimum absolute atomic E-state index is 0.0764. The van der Waals surface area contributed by atoms with Gasteiger partial charge >= 0.3 is 0 Å². The van der Waals surface area contributed by atoms with Crippen LogP contribution in [0.15, 0.2) is 30.4 Å². The van der Waals surface area contributed by atoms with E-state index in [2.05, 4.69) is 5.32 Å². The van der Waals surface area contributed by atoms with Gasteiger partial charge in [0.25, 0.3) is 0 Å². The zero-order valence-corrected chi connectivity index (χ0v) is 14.0. The fourth-order valence-electron chi connectivity index (χ4n) is 1.79. The molecule has 1 atom stereocenters. The SMILES string of the molecule is CC=CCC(CO)NC(=O)CCCOc1ccc(Cl)cc1Cl. The third-order valence-corrected chi connectivity index (χ3v) is 3.47. The predicted molar refractivity (Wildman–Crippen MR) is 89.6 cm³/mol. The van der Waals surface area contributed by atoms with E-state index in [0.717, 1.165) is 0 Å². The van der Waals surface area contributed by atoms with Crippen molar-refractivity contribution in [3.05, 3.63) is 40.4 Å². The van der Waals surface area contributed by atoms with Gasteiger partial charge in [0.1, 0.15) is 5.75 Å².